The number of benzene rings is 2. The van der Waals surface area contributed by atoms with E-state index in [0.717, 1.165) is 5.56 Å². The summed E-state index contributed by atoms with van der Waals surface area (Å²) in [4.78, 5) is 12.5. The van der Waals surface area contributed by atoms with E-state index < -0.39 is 10.0 Å². The van der Waals surface area contributed by atoms with Crippen molar-refractivity contribution in [2.45, 2.75) is 25.3 Å². The highest BCUT2D eigenvalue weighted by Gasteiger charge is 2.25. The zero-order valence-electron chi connectivity index (χ0n) is 14.2. The molecule has 2 aromatic rings. The second-order valence-electron chi connectivity index (χ2n) is 5.40. The van der Waals surface area contributed by atoms with Gasteiger partial charge in [-0.25, -0.2) is 8.42 Å². The van der Waals surface area contributed by atoms with E-state index in [-0.39, 0.29) is 10.8 Å². The highest BCUT2D eigenvalue weighted by Crippen LogP contribution is 2.26. The summed E-state index contributed by atoms with van der Waals surface area (Å²) < 4.78 is 27.3. The second kappa shape index (κ2) is 8.60. The molecular formula is C18H21BrN2O3S. The lowest BCUT2D eigenvalue weighted by Crippen LogP contribution is -2.31. The Morgan fingerprint density at radius 3 is 2.32 bits per heavy atom. The molecule has 134 valence electrons. The third-order valence-electron chi connectivity index (χ3n) is 3.81. The molecule has 25 heavy (non-hydrogen) atoms. The summed E-state index contributed by atoms with van der Waals surface area (Å²) in [6, 6.07) is 14.1. The Morgan fingerprint density at radius 2 is 1.72 bits per heavy atom. The minimum Gasteiger partial charge on any atom is -0.348 e. The van der Waals surface area contributed by atoms with E-state index in [1.807, 2.05) is 30.3 Å². The molecule has 0 aliphatic rings. The zero-order chi connectivity index (χ0) is 18.4. The Morgan fingerprint density at radius 1 is 1.08 bits per heavy atom. The minimum absolute atomic E-state index is 0.101. The van der Waals surface area contributed by atoms with Gasteiger partial charge in [0.15, 0.2) is 0 Å². The van der Waals surface area contributed by atoms with Crippen LogP contribution in [-0.2, 0) is 16.6 Å². The number of nitrogens with one attached hydrogen (secondary N) is 1. The minimum atomic E-state index is -3.65. The zero-order valence-corrected chi connectivity index (χ0v) is 16.6. The quantitative estimate of drug-likeness (QED) is 0.740. The van der Waals surface area contributed by atoms with E-state index in [4.69, 9.17) is 0 Å². The van der Waals surface area contributed by atoms with Gasteiger partial charge in [-0.1, -0.05) is 44.2 Å². The van der Waals surface area contributed by atoms with Gasteiger partial charge >= 0.3 is 0 Å². The maximum atomic E-state index is 12.7. The first-order valence-electron chi connectivity index (χ1n) is 8.02. The van der Waals surface area contributed by atoms with Crippen LogP contribution in [0.2, 0.25) is 0 Å². The number of hydrogen-bond acceptors (Lipinski definition) is 3. The fourth-order valence-corrected chi connectivity index (χ4v) is 4.83. The van der Waals surface area contributed by atoms with Gasteiger partial charge in [0.25, 0.3) is 5.91 Å². The van der Waals surface area contributed by atoms with Crippen molar-refractivity contribution in [2.24, 2.45) is 0 Å². The first-order chi connectivity index (χ1) is 11.9. The normalized spacial score (nSPS) is 11.5. The lowest BCUT2D eigenvalue weighted by Gasteiger charge is -2.19. The number of carbonyl (C=O) groups is 1. The van der Waals surface area contributed by atoms with Crippen LogP contribution >= 0.6 is 15.9 Å². The summed E-state index contributed by atoms with van der Waals surface area (Å²) in [7, 11) is -3.65. The van der Waals surface area contributed by atoms with Crippen molar-refractivity contribution in [1.29, 1.82) is 0 Å². The molecule has 0 unspecified atom stereocenters. The van der Waals surface area contributed by atoms with Crippen molar-refractivity contribution in [1.82, 2.24) is 9.62 Å². The SMILES string of the molecule is CCN(CC)S(=O)(=O)c1cc(C(=O)NCc2ccccc2)ccc1Br. The van der Waals surface area contributed by atoms with Crippen LogP contribution in [0.4, 0.5) is 0 Å². The molecule has 0 aliphatic heterocycles. The molecule has 7 heteroatoms. The van der Waals surface area contributed by atoms with E-state index in [9.17, 15) is 13.2 Å². The summed E-state index contributed by atoms with van der Waals surface area (Å²) in [6.45, 7) is 4.69. The number of carbonyl (C=O) groups excluding carboxylic acids is 1. The van der Waals surface area contributed by atoms with Gasteiger partial charge < -0.3 is 5.32 Å². The van der Waals surface area contributed by atoms with E-state index in [0.29, 0.717) is 29.7 Å². The summed E-state index contributed by atoms with van der Waals surface area (Å²) in [5.74, 6) is -0.313. The fourth-order valence-electron chi connectivity index (χ4n) is 2.43. The van der Waals surface area contributed by atoms with Crippen LogP contribution < -0.4 is 5.32 Å². The third-order valence-corrected chi connectivity index (χ3v) is 6.86. The topological polar surface area (TPSA) is 66.5 Å². The molecule has 0 radical (unpaired) electrons. The van der Waals surface area contributed by atoms with Gasteiger partial charge in [0.05, 0.1) is 4.90 Å². The lowest BCUT2D eigenvalue weighted by atomic mass is 10.2. The van der Waals surface area contributed by atoms with E-state index >= 15 is 0 Å². The van der Waals surface area contributed by atoms with Crippen LogP contribution in [0, 0.1) is 0 Å². The largest absolute Gasteiger partial charge is 0.348 e. The van der Waals surface area contributed by atoms with Crippen molar-refractivity contribution >= 4 is 31.9 Å². The molecule has 0 atom stereocenters. The monoisotopic (exact) mass is 424 g/mol. The van der Waals surface area contributed by atoms with E-state index in [2.05, 4.69) is 21.2 Å². The number of rotatable bonds is 7. The molecule has 0 fully saturated rings. The highest BCUT2D eigenvalue weighted by atomic mass is 79.9. The van der Waals surface area contributed by atoms with Gasteiger partial charge in [-0.2, -0.15) is 4.31 Å². The number of nitrogens with zero attached hydrogens (tertiary/aromatic N) is 1. The first-order valence-corrected chi connectivity index (χ1v) is 10.2. The van der Waals surface area contributed by atoms with Crippen LogP contribution in [0.1, 0.15) is 29.8 Å². The van der Waals surface area contributed by atoms with Crippen molar-refractivity contribution in [3.8, 4) is 0 Å². The Balaban J connectivity index is 2.24. The predicted molar refractivity (Wildman–Crippen MR) is 102 cm³/mol. The molecule has 0 spiro atoms. The smallest absolute Gasteiger partial charge is 0.251 e. The summed E-state index contributed by atoms with van der Waals surface area (Å²) in [5.41, 5.74) is 1.29. The fraction of sp³-hybridized carbons (Fsp3) is 0.278. The third kappa shape index (κ3) is 4.68. The van der Waals surface area contributed by atoms with Crippen molar-refractivity contribution in [2.75, 3.05) is 13.1 Å². The Hall–Kier alpha value is -1.70. The molecule has 2 rings (SSSR count). The number of sulfonamides is 1. The Labute approximate surface area is 157 Å². The van der Waals surface area contributed by atoms with Crippen molar-refractivity contribution in [3.05, 3.63) is 64.1 Å². The molecule has 2 aromatic carbocycles. The molecule has 1 amide bonds. The summed E-state index contributed by atoms with van der Waals surface area (Å²) in [6.07, 6.45) is 0. The molecule has 0 saturated heterocycles. The van der Waals surface area contributed by atoms with Gasteiger partial charge in [0.2, 0.25) is 10.0 Å². The molecule has 1 N–H and O–H groups in total. The molecular weight excluding hydrogens is 404 g/mol. The van der Waals surface area contributed by atoms with Gasteiger partial charge in [-0.3, -0.25) is 4.79 Å². The molecule has 0 bridgehead atoms. The average Bonchev–Trinajstić information content (AvgIpc) is 2.61. The first kappa shape index (κ1) is 19.6. The standard InChI is InChI=1S/C18H21BrN2O3S/c1-3-21(4-2)25(23,24)17-12-15(10-11-16(17)19)18(22)20-13-14-8-6-5-7-9-14/h5-12H,3-4,13H2,1-2H3,(H,20,22). The molecule has 0 heterocycles. The number of halogens is 1. The Bertz CT molecular complexity index is 835. The van der Waals surface area contributed by atoms with Crippen LogP contribution in [0.15, 0.2) is 57.9 Å². The average molecular weight is 425 g/mol. The number of amides is 1. The van der Waals surface area contributed by atoms with Gasteiger partial charge in [-0.15, -0.1) is 0 Å². The Kier molecular flexibility index (Phi) is 6.75. The van der Waals surface area contributed by atoms with Crippen LogP contribution in [0.25, 0.3) is 0 Å². The number of hydrogen-bond donors (Lipinski definition) is 1. The van der Waals surface area contributed by atoms with Crippen LogP contribution in [0.5, 0.6) is 0 Å². The maximum absolute atomic E-state index is 12.7. The van der Waals surface area contributed by atoms with Crippen molar-refractivity contribution in [3.63, 3.8) is 0 Å². The maximum Gasteiger partial charge on any atom is 0.251 e. The van der Waals surface area contributed by atoms with E-state index in [1.165, 1.54) is 10.4 Å². The van der Waals surface area contributed by atoms with Crippen molar-refractivity contribution < 1.29 is 13.2 Å². The molecule has 0 aromatic heterocycles. The summed E-state index contributed by atoms with van der Waals surface area (Å²) in [5, 5.41) is 2.81. The predicted octanol–water partition coefficient (Wildman–Crippen LogP) is 3.41. The highest BCUT2D eigenvalue weighted by molar-refractivity contribution is 9.10. The molecule has 0 aliphatic carbocycles. The molecule has 5 nitrogen and oxygen atoms in total. The summed E-state index contributed by atoms with van der Waals surface area (Å²) >= 11 is 3.28. The van der Waals surface area contributed by atoms with Crippen LogP contribution in [-0.4, -0.2) is 31.7 Å². The van der Waals surface area contributed by atoms with Gasteiger partial charge in [-0.05, 0) is 39.7 Å². The van der Waals surface area contributed by atoms with Gasteiger partial charge in [0.1, 0.15) is 0 Å². The second-order valence-corrected chi connectivity index (χ2v) is 8.16. The van der Waals surface area contributed by atoms with Gasteiger partial charge in [0, 0.05) is 29.7 Å². The lowest BCUT2D eigenvalue weighted by molar-refractivity contribution is 0.0950. The van der Waals surface area contributed by atoms with E-state index in [1.54, 1.807) is 26.0 Å². The van der Waals surface area contributed by atoms with Crippen LogP contribution in [0.3, 0.4) is 0 Å². The molecule has 0 saturated carbocycles.